The van der Waals surface area contributed by atoms with E-state index in [9.17, 15) is 44.3 Å². The number of amides is 1. The van der Waals surface area contributed by atoms with Crippen LogP contribution in [0, 0.1) is 11.8 Å². The van der Waals surface area contributed by atoms with Crippen molar-refractivity contribution in [2.75, 3.05) is 63.5 Å². The first-order chi connectivity index (χ1) is 18.1. The zero-order valence-electron chi connectivity index (χ0n) is 20.7. The van der Waals surface area contributed by atoms with Crippen LogP contribution in [0.3, 0.4) is 0 Å². The normalized spacial score (nSPS) is 23.6. The van der Waals surface area contributed by atoms with Crippen LogP contribution < -0.4 is 4.90 Å². The van der Waals surface area contributed by atoms with Gasteiger partial charge >= 0.3 is 24.6 Å². The Labute approximate surface area is 223 Å². The van der Waals surface area contributed by atoms with E-state index in [1.807, 2.05) is 11.2 Å². The third kappa shape index (κ3) is 6.99. The first-order valence-electron chi connectivity index (χ1n) is 12.1. The highest BCUT2D eigenvalue weighted by atomic mass is 32.2. The van der Waals surface area contributed by atoms with Gasteiger partial charge in [0.15, 0.2) is 0 Å². The summed E-state index contributed by atoms with van der Waals surface area (Å²) in [4.78, 5) is 16.5. The summed E-state index contributed by atoms with van der Waals surface area (Å²) in [6.45, 7) is 2.89. The van der Waals surface area contributed by atoms with Crippen molar-refractivity contribution in [3.05, 3.63) is 29.3 Å². The van der Waals surface area contributed by atoms with Crippen molar-refractivity contribution in [2.45, 2.75) is 31.2 Å². The Bertz CT molecular complexity index is 1000. The number of alkyl halides is 9. The van der Waals surface area contributed by atoms with Gasteiger partial charge in [0.2, 0.25) is 0 Å². The van der Waals surface area contributed by atoms with Gasteiger partial charge in [-0.3, -0.25) is 9.21 Å². The molecule has 0 spiro atoms. The standard InChI is InChI=1S/C23H27F9N4O2S/c1-39-36-12-15-10-35(11-16(15)13-36)18-8-17(21(24,25)26)3-2-14(18)9-33-4-6-34(7-5-33)20(37)38-19(22(27,28)29)23(30,31)32/h2-3,8,15-16,19H,4-7,9-13H2,1H3. The first-order valence-corrected chi connectivity index (χ1v) is 13.3. The second-order valence-corrected chi connectivity index (χ2v) is 10.8. The lowest BCUT2D eigenvalue weighted by molar-refractivity contribution is -0.308. The third-order valence-corrected chi connectivity index (χ3v) is 8.12. The maximum absolute atomic E-state index is 13.5. The van der Waals surface area contributed by atoms with Gasteiger partial charge in [-0.15, -0.1) is 0 Å². The summed E-state index contributed by atoms with van der Waals surface area (Å²) >= 11 is 1.64. The van der Waals surface area contributed by atoms with Gasteiger partial charge in [0.05, 0.1) is 5.56 Å². The van der Waals surface area contributed by atoms with Crippen LogP contribution in [0.15, 0.2) is 18.2 Å². The van der Waals surface area contributed by atoms with Gasteiger partial charge < -0.3 is 14.5 Å². The zero-order chi connectivity index (χ0) is 28.8. The second-order valence-electron chi connectivity index (χ2n) is 9.91. The van der Waals surface area contributed by atoms with Crippen LogP contribution in [0.25, 0.3) is 0 Å². The molecule has 3 fully saturated rings. The molecule has 0 radical (unpaired) electrons. The molecule has 6 nitrogen and oxygen atoms in total. The Balaban J connectivity index is 1.42. The summed E-state index contributed by atoms with van der Waals surface area (Å²) in [5.74, 6) is 0.651. The molecule has 0 N–H and O–H groups in total. The number of fused-ring (bicyclic) bond motifs is 1. The van der Waals surface area contributed by atoms with Gasteiger partial charge in [0, 0.05) is 64.6 Å². The van der Waals surface area contributed by atoms with Gasteiger partial charge in [0.25, 0.3) is 6.10 Å². The fourth-order valence-electron chi connectivity index (χ4n) is 5.29. The van der Waals surface area contributed by atoms with Crippen molar-refractivity contribution in [1.82, 2.24) is 14.1 Å². The van der Waals surface area contributed by atoms with E-state index in [2.05, 4.69) is 9.04 Å². The number of ether oxygens (including phenoxy) is 1. The largest absolute Gasteiger partial charge is 0.434 e. The summed E-state index contributed by atoms with van der Waals surface area (Å²) in [6.07, 6.45) is -20.1. The minimum absolute atomic E-state index is 0.0895. The number of hydrogen-bond donors (Lipinski definition) is 0. The molecule has 4 rings (SSSR count). The summed E-state index contributed by atoms with van der Waals surface area (Å²) in [5.41, 5.74) is 0.297. The quantitative estimate of drug-likeness (QED) is 0.349. The lowest BCUT2D eigenvalue weighted by Gasteiger charge is -2.36. The smallest absolute Gasteiger partial charge is 0.426 e. The molecule has 0 saturated carbocycles. The van der Waals surface area contributed by atoms with Gasteiger partial charge in [0.1, 0.15) is 0 Å². The van der Waals surface area contributed by atoms with Gasteiger partial charge in [-0.1, -0.05) is 18.0 Å². The molecule has 0 aromatic heterocycles. The van der Waals surface area contributed by atoms with Crippen molar-refractivity contribution in [1.29, 1.82) is 0 Å². The molecule has 0 aliphatic carbocycles. The number of rotatable bonds is 5. The second kappa shape index (κ2) is 11.1. The summed E-state index contributed by atoms with van der Waals surface area (Å²) in [6, 6.07) is 3.52. The number of hydrogen-bond acceptors (Lipinski definition) is 6. The number of halogens is 9. The van der Waals surface area contributed by atoms with Crippen molar-refractivity contribution >= 4 is 23.7 Å². The van der Waals surface area contributed by atoms with Gasteiger partial charge in [-0.25, -0.2) is 4.79 Å². The Morgan fingerprint density at radius 3 is 1.97 bits per heavy atom. The Hall–Kier alpha value is -2.07. The molecule has 3 heterocycles. The monoisotopic (exact) mass is 594 g/mol. The fraction of sp³-hybridized carbons (Fsp3) is 0.696. The zero-order valence-corrected chi connectivity index (χ0v) is 21.6. The van der Waals surface area contributed by atoms with E-state index in [-0.39, 0.29) is 32.7 Å². The van der Waals surface area contributed by atoms with E-state index in [0.29, 0.717) is 36.2 Å². The predicted molar refractivity (Wildman–Crippen MR) is 125 cm³/mol. The van der Waals surface area contributed by atoms with Crippen molar-refractivity contribution in [3.8, 4) is 0 Å². The minimum atomic E-state index is -5.81. The summed E-state index contributed by atoms with van der Waals surface area (Å²) in [5, 5.41) is 0. The molecule has 39 heavy (non-hydrogen) atoms. The third-order valence-electron chi connectivity index (χ3n) is 7.30. The van der Waals surface area contributed by atoms with Gasteiger partial charge in [-0.05, 0) is 35.8 Å². The van der Waals surface area contributed by atoms with Crippen LogP contribution in [0.4, 0.5) is 50.0 Å². The lowest BCUT2D eigenvalue weighted by atomic mass is 10.0. The van der Waals surface area contributed by atoms with E-state index in [4.69, 9.17) is 0 Å². The van der Waals surface area contributed by atoms with Crippen molar-refractivity contribution < 1.29 is 49.0 Å². The summed E-state index contributed by atoms with van der Waals surface area (Å²) in [7, 11) is 0. The molecule has 1 amide bonds. The van der Waals surface area contributed by atoms with Crippen LogP contribution >= 0.6 is 11.9 Å². The van der Waals surface area contributed by atoms with Crippen LogP contribution in [0.5, 0.6) is 0 Å². The maximum atomic E-state index is 13.5. The Morgan fingerprint density at radius 2 is 1.49 bits per heavy atom. The molecule has 1 aromatic carbocycles. The van der Waals surface area contributed by atoms with Crippen LogP contribution in [-0.2, 0) is 17.5 Å². The molecule has 0 bridgehead atoms. The van der Waals surface area contributed by atoms with E-state index in [1.165, 1.54) is 6.07 Å². The highest BCUT2D eigenvalue weighted by Gasteiger charge is 2.60. The van der Waals surface area contributed by atoms with E-state index >= 15 is 0 Å². The van der Waals surface area contributed by atoms with Crippen LogP contribution in [0.2, 0.25) is 0 Å². The number of nitrogens with zero attached hydrogens (tertiary/aromatic N) is 4. The Kier molecular flexibility index (Phi) is 8.49. The fourth-order valence-corrected chi connectivity index (χ4v) is 5.97. The average molecular weight is 595 g/mol. The summed E-state index contributed by atoms with van der Waals surface area (Å²) < 4.78 is 123. The van der Waals surface area contributed by atoms with E-state index in [0.717, 1.165) is 30.1 Å². The maximum Gasteiger partial charge on any atom is 0.434 e. The van der Waals surface area contributed by atoms with E-state index < -0.39 is 36.3 Å². The number of anilines is 1. The van der Waals surface area contributed by atoms with Crippen molar-refractivity contribution in [3.63, 3.8) is 0 Å². The molecule has 220 valence electrons. The Morgan fingerprint density at radius 1 is 0.923 bits per heavy atom. The molecular weight excluding hydrogens is 567 g/mol. The SMILES string of the molecule is CSN1CC2CN(c3cc(C(F)(F)F)ccc3CN3CCN(C(=O)OC(C(F)(F)F)C(F)(F)F)CC3)CC2C1. The number of carbonyl (C=O) groups is 1. The van der Waals surface area contributed by atoms with Crippen molar-refractivity contribution in [2.24, 2.45) is 11.8 Å². The molecule has 16 heteroatoms. The lowest BCUT2D eigenvalue weighted by Crippen LogP contribution is -2.52. The highest BCUT2D eigenvalue weighted by Crippen LogP contribution is 2.40. The van der Waals surface area contributed by atoms with E-state index in [1.54, 1.807) is 16.8 Å². The molecule has 3 aliphatic rings. The highest BCUT2D eigenvalue weighted by molar-refractivity contribution is 7.96. The molecule has 3 aliphatic heterocycles. The first kappa shape index (κ1) is 29.9. The molecule has 3 saturated heterocycles. The number of benzene rings is 1. The number of piperazine rings is 1. The van der Waals surface area contributed by atoms with Crippen LogP contribution in [-0.4, -0.2) is 97.3 Å². The van der Waals surface area contributed by atoms with Crippen LogP contribution in [0.1, 0.15) is 11.1 Å². The topological polar surface area (TPSA) is 39.3 Å². The molecule has 1 aromatic rings. The molecule has 2 atom stereocenters. The number of carbonyl (C=O) groups excluding carboxylic acids is 1. The predicted octanol–water partition coefficient (Wildman–Crippen LogP) is 5.10. The molecular formula is C23H27F9N4O2S. The molecule has 2 unspecified atom stereocenters. The minimum Gasteiger partial charge on any atom is -0.426 e. The van der Waals surface area contributed by atoms with Gasteiger partial charge in [-0.2, -0.15) is 39.5 Å². The average Bonchev–Trinajstić information content (AvgIpc) is 3.40.